The molecule has 3 heterocycles. The van der Waals surface area contributed by atoms with E-state index in [1.807, 2.05) is 19.9 Å². The molecule has 0 spiro atoms. The van der Waals surface area contributed by atoms with Crippen molar-refractivity contribution in [3.05, 3.63) is 41.3 Å². The van der Waals surface area contributed by atoms with Gasteiger partial charge in [-0.25, -0.2) is 14.6 Å². The third-order valence-corrected chi connectivity index (χ3v) is 5.22. The number of carbonyl (C=O) groups excluding carboxylic acids is 1. The summed E-state index contributed by atoms with van der Waals surface area (Å²) in [5, 5.41) is 20.2. The van der Waals surface area contributed by atoms with Crippen LogP contribution in [0.2, 0.25) is 0 Å². The predicted octanol–water partition coefficient (Wildman–Crippen LogP) is 2.51. The minimum absolute atomic E-state index is 0.138. The van der Waals surface area contributed by atoms with Crippen LogP contribution in [-0.2, 0) is 9.59 Å². The lowest BCUT2D eigenvalue weighted by Gasteiger charge is -2.21. The summed E-state index contributed by atoms with van der Waals surface area (Å²) in [7, 11) is 0. The maximum Gasteiger partial charge on any atom is 0.490 e. The van der Waals surface area contributed by atoms with E-state index >= 15 is 0 Å². The number of rotatable bonds is 4. The first-order valence-electron chi connectivity index (χ1n) is 9.25. The van der Waals surface area contributed by atoms with E-state index in [-0.39, 0.29) is 23.4 Å². The highest BCUT2D eigenvalue weighted by molar-refractivity contribution is 5.99. The number of aliphatic carboxylic acids is 1. The van der Waals surface area contributed by atoms with E-state index in [4.69, 9.17) is 15.0 Å². The van der Waals surface area contributed by atoms with Gasteiger partial charge in [-0.1, -0.05) is 0 Å². The molecule has 0 radical (unpaired) electrons. The molecule has 1 unspecified atom stereocenters. The molecule has 2 aromatic heterocycles. The number of aromatic carboxylic acids is 1. The smallest absolute Gasteiger partial charge is 0.478 e. The Morgan fingerprint density at radius 2 is 1.90 bits per heavy atom. The third kappa shape index (κ3) is 4.67. The molecule has 0 bridgehead atoms. The fourth-order valence-electron chi connectivity index (χ4n) is 3.38. The van der Waals surface area contributed by atoms with Crippen LogP contribution in [0.5, 0.6) is 0 Å². The molecule has 2 aromatic rings. The number of piperidine rings is 1. The second kappa shape index (κ2) is 8.00. The van der Waals surface area contributed by atoms with Gasteiger partial charge in [0.25, 0.3) is 0 Å². The second-order valence-corrected chi connectivity index (χ2v) is 7.45. The van der Waals surface area contributed by atoms with E-state index in [0.29, 0.717) is 5.92 Å². The van der Waals surface area contributed by atoms with Crippen molar-refractivity contribution < 1.29 is 37.8 Å². The fraction of sp³-hybridized carbons (Fsp3) is 0.421. The molecule has 4 rings (SSSR count). The Bertz CT molecular complexity index is 1040. The summed E-state index contributed by atoms with van der Waals surface area (Å²) < 4.78 is 33.3. The zero-order valence-corrected chi connectivity index (χ0v) is 16.5. The zero-order valence-electron chi connectivity index (χ0n) is 16.5. The molecular formula is C19H19F3N4O5. The Kier molecular flexibility index (Phi) is 5.74. The molecule has 3 atom stereocenters. The van der Waals surface area contributed by atoms with Crippen molar-refractivity contribution in [2.45, 2.75) is 32.5 Å². The maximum atomic E-state index is 12.2. The first-order valence-corrected chi connectivity index (χ1v) is 9.25. The number of carbonyl (C=O) groups is 3. The molecule has 2 aliphatic rings. The van der Waals surface area contributed by atoms with E-state index in [9.17, 15) is 22.8 Å². The summed E-state index contributed by atoms with van der Waals surface area (Å²) in [5.74, 6) is -2.11. The highest BCUT2D eigenvalue weighted by Gasteiger charge is 2.53. The van der Waals surface area contributed by atoms with E-state index in [1.54, 1.807) is 15.8 Å². The monoisotopic (exact) mass is 440 g/mol. The highest BCUT2D eigenvalue weighted by atomic mass is 19.4. The number of hydrogen-bond donors (Lipinski definition) is 2. The van der Waals surface area contributed by atoms with Gasteiger partial charge in [-0.05, 0) is 43.4 Å². The number of carboxylic acid groups (broad SMARTS) is 2. The van der Waals surface area contributed by atoms with Crippen LogP contribution in [0.4, 0.5) is 19.0 Å². The molecule has 2 N–H and O–H groups in total. The van der Waals surface area contributed by atoms with Gasteiger partial charge in [0.1, 0.15) is 5.82 Å². The van der Waals surface area contributed by atoms with Gasteiger partial charge in [0.2, 0.25) is 5.91 Å². The van der Waals surface area contributed by atoms with E-state index in [2.05, 4.69) is 10.1 Å². The average Bonchev–Trinajstić information content (AvgIpc) is 3.14. The summed E-state index contributed by atoms with van der Waals surface area (Å²) in [5.41, 5.74) is 2.03. The Morgan fingerprint density at radius 1 is 1.26 bits per heavy atom. The van der Waals surface area contributed by atoms with Crippen LogP contribution in [0.1, 0.15) is 40.9 Å². The van der Waals surface area contributed by atoms with Crippen LogP contribution in [0.3, 0.4) is 0 Å². The summed E-state index contributed by atoms with van der Waals surface area (Å²) in [6, 6.07) is 1.85. The van der Waals surface area contributed by atoms with Gasteiger partial charge < -0.3 is 10.2 Å². The minimum atomic E-state index is -5.08. The molecule has 1 aliphatic heterocycles. The van der Waals surface area contributed by atoms with Gasteiger partial charge in [0.05, 0.1) is 17.8 Å². The van der Waals surface area contributed by atoms with Crippen LogP contribution < -0.4 is 4.90 Å². The minimum Gasteiger partial charge on any atom is -0.478 e. The third-order valence-electron chi connectivity index (χ3n) is 5.22. The molecule has 1 saturated heterocycles. The average molecular weight is 440 g/mol. The lowest BCUT2D eigenvalue weighted by atomic mass is 10.1. The van der Waals surface area contributed by atoms with Crippen molar-refractivity contribution in [3.63, 3.8) is 0 Å². The van der Waals surface area contributed by atoms with Crippen LogP contribution in [-0.4, -0.2) is 55.5 Å². The van der Waals surface area contributed by atoms with Crippen LogP contribution in [0.15, 0.2) is 24.7 Å². The van der Waals surface area contributed by atoms with Crippen molar-refractivity contribution in [2.75, 3.05) is 11.4 Å². The normalized spacial score (nSPS) is 20.5. The van der Waals surface area contributed by atoms with Gasteiger partial charge in [-0.3, -0.25) is 14.4 Å². The molecule has 1 amide bonds. The van der Waals surface area contributed by atoms with Crippen molar-refractivity contribution in [2.24, 2.45) is 11.8 Å². The van der Waals surface area contributed by atoms with Crippen LogP contribution >= 0.6 is 0 Å². The number of hydrogen-bond acceptors (Lipinski definition) is 5. The number of nitrogens with zero attached hydrogens (tertiary/aromatic N) is 4. The Labute approximate surface area is 174 Å². The standard InChI is InChI=1S/C17H18N4O3.C2HF3O2/c1-9-3-11(10(2)21-8-13(6-19-21)17(23)24)5-18-15(9)20-7-12-4-14(12)16(20)22;3-2(4,5)1(6)7/h3,5-6,8,10,12,14H,4,7H2,1-2H3,(H,23,24);(H,6,7)/t10?,12-,14-;/m1./s1. The van der Waals surface area contributed by atoms with Gasteiger partial charge in [0.15, 0.2) is 0 Å². The molecule has 0 aromatic carbocycles. The summed E-state index contributed by atoms with van der Waals surface area (Å²) in [4.78, 5) is 38.4. The van der Waals surface area contributed by atoms with Crippen LogP contribution in [0.25, 0.3) is 0 Å². The summed E-state index contributed by atoms with van der Waals surface area (Å²) in [6.45, 7) is 4.65. The predicted molar refractivity (Wildman–Crippen MR) is 99.6 cm³/mol. The summed E-state index contributed by atoms with van der Waals surface area (Å²) in [6.07, 6.45) is 0.525. The molecule has 9 nitrogen and oxygen atoms in total. The van der Waals surface area contributed by atoms with E-state index < -0.39 is 18.1 Å². The van der Waals surface area contributed by atoms with Crippen molar-refractivity contribution >= 4 is 23.7 Å². The molecule has 2 fully saturated rings. The number of fused-ring (bicyclic) bond motifs is 1. The zero-order chi connectivity index (χ0) is 23.1. The first kappa shape index (κ1) is 22.2. The number of aromatic nitrogens is 3. The van der Waals surface area contributed by atoms with Gasteiger partial charge >= 0.3 is 18.1 Å². The van der Waals surface area contributed by atoms with Gasteiger partial charge in [-0.2, -0.15) is 18.3 Å². The number of amides is 1. The van der Waals surface area contributed by atoms with E-state index in [0.717, 1.165) is 29.9 Å². The van der Waals surface area contributed by atoms with Crippen molar-refractivity contribution in [3.8, 4) is 0 Å². The van der Waals surface area contributed by atoms with Gasteiger partial charge in [-0.15, -0.1) is 0 Å². The highest BCUT2D eigenvalue weighted by Crippen LogP contribution is 2.47. The lowest BCUT2D eigenvalue weighted by Crippen LogP contribution is -2.29. The first-order chi connectivity index (χ1) is 14.4. The lowest BCUT2D eigenvalue weighted by molar-refractivity contribution is -0.192. The maximum absolute atomic E-state index is 12.2. The summed E-state index contributed by atoms with van der Waals surface area (Å²) >= 11 is 0. The van der Waals surface area contributed by atoms with Crippen molar-refractivity contribution in [1.29, 1.82) is 0 Å². The van der Waals surface area contributed by atoms with E-state index in [1.165, 1.54) is 12.4 Å². The van der Waals surface area contributed by atoms with Crippen LogP contribution in [0, 0.1) is 18.8 Å². The fourth-order valence-corrected chi connectivity index (χ4v) is 3.38. The number of carboxylic acids is 2. The number of halogens is 3. The molecule has 12 heteroatoms. The van der Waals surface area contributed by atoms with Gasteiger partial charge in [0, 0.05) is 24.9 Å². The Morgan fingerprint density at radius 3 is 2.35 bits per heavy atom. The quantitative estimate of drug-likeness (QED) is 0.748. The molecule has 1 aliphatic carbocycles. The number of alkyl halides is 3. The second-order valence-electron chi connectivity index (χ2n) is 7.45. The number of anilines is 1. The number of pyridine rings is 1. The molecule has 166 valence electrons. The molecular weight excluding hydrogens is 421 g/mol. The topological polar surface area (TPSA) is 126 Å². The van der Waals surface area contributed by atoms with Crippen molar-refractivity contribution in [1.82, 2.24) is 14.8 Å². The molecule has 1 saturated carbocycles. The molecule has 31 heavy (non-hydrogen) atoms. The SMILES string of the molecule is Cc1cc(C(C)n2cc(C(=O)O)cn2)cnc1N1C[C@H]2C[C@H]2C1=O.O=C(O)C(F)(F)F. The number of aryl methyl sites for hydroxylation is 1. The largest absolute Gasteiger partial charge is 0.490 e. The Hall–Kier alpha value is -3.44. The Balaban J connectivity index is 0.000000339.